The fourth-order valence-electron chi connectivity index (χ4n) is 4.32. The quantitative estimate of drug-likeness (QED) is 0.569. The van der Waals surface area contributed by atoms with Crippen LogP contribution in [-0.2, 0) is 20.6 Å². The van der Waals surface area contributed by atoms with E-state index in [1.165, 1.54) is 24.0 Å². The molecular weight excluding hydrogens is 292 g/mol. The summed E-state index contributed by atoms with van der Waals surface area (Å²) in [5, 5.41) is 0. The zero-order chi connectivity index (χ0) is 16.3. The molecule has 0 radical (unpaired) electrons. The molecule has 3 rings (SSSR count). The number of ether oxygens (including phenoxy) is 4. The minimum Gasteiger partial charge on any atom is -0.497 e. The Balaban J connectivity index is 1.66. The van der Waals surface area contributed by atoms with Crippen LogP contribution in [0.4, 0.5) is 0 Å². The molecule has 4 heteroatoms. The number of aryl methyl sites for hydroxylation is 1. The van der Waals surface area contributed by atoms with Crippen molar-refractivity contribution in [3.05, 3.63) is 29.3 Å². The topological polar surface area (TPSA) is 36.9 Å². The highest BCUT2D eigenvalue weighted by molar-refractivity contribution is 5.41. The van der Waals surface area contributed by atoms with Gasteiger partial charge in [-0.1, -0.05) is 13.0 Å². The second kappa shape index (κ2) is 7.20. The van der Waals surface area contributed by atoms with Crippen molar-refractivity contribution < 1.29 is 18.9 Å². The third-order valence-corrected chi connectivity index (χ3v) is 5.69. The van der Waals surface area contributed by atoms with Crippen LogP contribution in [0.15, 0.2) is 18.2 Å². The molecular formula is C19H28O4. The van der Waals surface area contributed by atoms with Gasteiger partial charge in [-0.3, -0.25) is 0 Å². The first kappa shape index (κ1) is 16.7. The van der Waals surface area contributed by atoms with Crippen molar-refractivity contribution in [3.63, 3.8) is 0 Å². The summed E-state index contributed by atoms with van der Waals surface area (Å²) < 4.78 is 21.9. The lowest BCUT2D eigenvalue weighted by molar-refractivity contribution is -0.127. The summed E-state index contributed by atoms with van der Waals surface area (Å²) in [4.78, 5) is 0. The zero-order valence-electron chi connectivity index (χ0n) is 14.5. The number of hydrogen-bond acceptors (Lipinski definition) is 4. The Hall–Kier alpha value is -1.10. The van der Waals surface area contributed by atoms with E-state index in [0.29, 0.717) is 25.9 Å². The lowest BCUT2D eigenvalue weighted by Gasteiger charge is -2.41. The predicted molar refractivity (Wildman–Crippen MR) is 89.0 cm³/mol. The second-order valence-corrected chi connectivity index (χ2v) is 6.87. The minimum absolute atomic E-state index is 0.214. The predicted octanol–water partition coefficient (Wildman–Crippen LogP) is 3.53. The Morgan fingerprint density at radius 1 is 1.17 bits per heavy atom. The minimum atomic E-state index is 0.214. The first-order valence-corrected chi connectivity index (χ1v) is 8.54. The standard InChI is InChI=1S/C19H28O4/c1-19-9-8-14-12-15(21-3)4-5-16(14)17(19)6-7-18(19)23-13-22-11-10-20-2/h4-5,12,17-18H,6-11,13H2,1-3H3/t17-,18-,19+/m0/s1. The van der Waals surface area contributed by atoms with Gasteiger partial charge in [-0.2, -0.15) is 0 Å². The molecule has 0 N–H and O–H groups in total. The summed E-state index contributed by atoms with van der Waals surface area (Å²) >= 11 is 0. The number of fused-ring (bicyclic) bond motifs is 3. The van der Waals surface area contributed by atoms with E-state index >= 15 is 0 Å². The molecule has 1 aromatic rings. The van der Waals surface area contributed by atoms with E-state index in [0.717, 1.165) is 18.6 Å². The highest BCUT2D eigenvalue weighted by atomic mass is 16.7. The molecule has 0 heterocycles. The van der Waals surface area contributed by atoms with Gasteiger partial charge < -0.3 is 18.9 Å². The molecule has 1 saturated carbocycles. The van der Waals surface area contributed by atoms with Gasteiger partial charge in [0.25, 0.3) is 0 Å². The number of rotatable bonds is 7. The smallest absolute Gasteiger partial charge is 0.147 e. The summed E-state index contributed by atoms with van der Waals surface area (Å²) in [6.07, 6.45) is 4.86. The van der Waals surface area contributed by atoms with Gasteiger partial charge in [0.2, 0.25) is 0 Å². The van der Waals surface area contributed by atoms with E-state index in [2.05, 4.69) is 25.1 Å². The maximum Gasteiger partial charge on any atom is 0.147 e. The monoisotopic (exact) mass is 320 g/mol. The fraction of sp³-hybridized carbons (Fsp3) is 0.684. The normalized spacial score (nSPS) is 29.2. The molecule has 3 atom stereocenters. The zero-order valence-corrected chi connectivity index (χ0v) is 14.5. The Labute approximate surface area is 139 Å². The lowest BCUT2D eigenvalue weighted by atomic mass is 9.66. The van der Waals surface area contributed by atoms with Gasteiger partial charge in [-0.25, -0.2) is 0 Å². The lowest BCUT2D eigenvalue weighted by Crippen LogP contribution is -2.37. The number of hydrogen-bond donors (Lipinski definition) is 0. The van der Waals surface area contributed by atoms with Gasteiger partial charge in [-0.15, -0.1) is 0 Å². The largest absolute Gasteiger partial charge is 0.497 e. The van der Waals surface area contributed by atoms with Crippen molar-refractivity contribution in [2.24, 2.45) is 5.41 Å². The van der Waals surface area contributed by atoms with Gasteiger partial charge in [0.15, 0.2) is 0 Å². The Kier molecular flexibility index (Phi) is 5.24. The molecule has 1 fully saturated rings. The first-order chi connectivity index (χ1) is 11.2. The van der Waals surface area contributed by atoms with Gasteiger partial charge >= 0.3 is 0 Å². The molecule has 0 aromatic heterocycles. The van der Waals surface area contributed by atoms with Gasteiger partial charge in [0.1, 0.15) is 12.5 Å². The van der Waals surface area contributed by atoms with Crippen LogP contribution in [0.3, 0.4) is 0 Å². The van der Waals surface area contributed by atoms with Gasteiger partial charge in [0.05, 0.1) is 26.4 Å². The Morgan fingerprint density at radius 3 is 2.83 bits per heavy atom. The van der Waals surface area contributed by atoms with E-state index in [4.69, 9.17) is 18.9 Å². The summed E-state index contributed by atoms with van der Waals surface area (Å²) in [6, 6.07) is 6.55. The average molecular weight is 320 g/mol. The van der Waals surface area contributed by atoms with E-state index in [-0.39, 0.29) is 11.5 Å². The fourth-order valence-corrected chi connectivity index (χ4v) is 4.32. The van der Waals surface area contributed by atoms with Crippen molar-refractivity contribution >= 4 is 0 Å². The molecule has 0 bridgehead atoms. The van der Waals surface area contributed by atoms with Crippen molar-refractivity contribution in [3.8, 4) is 5.75 Å². The Bertz CT molecular complexity index is 530. The summed E-state index contributed by atoms with van der Waals surface area (Å²) in [7, 11) is 3.42. The van der Waals surface area contributed by atoms with Crippen LogP contribution in [0.2, 0.25) is 0 Å². The molecule has 128 valence electrons. The van der Waals surface area contributed by atoms with Crippen LogP contribution >= 0.6 is 0 Å². The van der Waals surface area contributed by atoms with E-state index in [1.54, 1.807) is 14.2 Å². The third kappa shape index (κ3) is 3.25. The number of methoxy groups -OCH3 is 2. The first-order valence-electron chi connectivity index (χ1n) is 8.54. The van der Waals surface area contributed by atoms with Crippen LogP contribution in [0.1, 0.15) is 43.2 Å². The van der Waals surface area contributed by atoms with Crippen LogP contribution in [0.25, 0.3) is 0 Å². The van der Waals surface area contributed by atoms with Crippen molar-refractivity contribution in [1.82, 2.24) is 0 Å². The SMILES string of the molecule is COCCOCO[C@H]1CC[C@H]2c3ccc(OC)cc3CC[C@@]12C. The van der Waals surface area contributed by atoms with Crippen molar-refractivity contribution in [1.29, 1.82) is 0 Å². The molecule has 2 aliphatic carbocycles. The molecule has 23 heavy (non-hydrogen) atoms. The molecule has 4 nitrogen and oxygen atoms in total. The molecule has 1 aromatic carbocycles. The molecule has 2 aliphatic rings. The van der Waals surface area contributed by atoms with Crippen molar-refractivity contribution in [2.45, 2.75) is 44.6 Å². The summed E-state index contributed by atoms with van der Waals surface area (Å²) in [5.74, 6) is 1.55. The molecule has 0 unspecified atom stereocenters. The molecule has 0 aliphatic heterocycles. The van der Waals surface area contributed by atoms with Crippen molar-refractivity contribution in [2.75, 3.05) is 34.2 Å². The highest BCUT2D eigenvalue weighted by Crippen LogP contribution is 2.56. The van der Waals surface area contributed by atoms with E-state index in [9.17, 15) is 0 Å². The highest BCUT2D eigenvalue weighted by Gasteiger charge is 2.50. The molecule has 0 amide bonds. The Morgan fingerprint density at radius 2 is 2.04 bits per heavy atom. The molecule has 0 saturated heterocycles. The summed E-state index contributed by atoms with van der Waals surface area (Å²) in [5.41, 5.74) is 3.15. The van der Waals surface area contributed by atoms with Crippen LogP contribution in [0.5, 0.6) is 5.75 Å². The maximum absolute atomic E-state index is 6.08. The molecule has 0 spiro atoms. The average Bonchev–Trinajstić information content (AvgIpc) is 2.91. The van der Waals surface area contributed by atoms with Gasteiger partial charge in [-0.05, 0) is 54.9 Å². The maximum atomic E-state index is 6.08. The van der Waals surface area contributed by atoms with E-state index in [1.807, 2.05) is 0 Å². The van der Waals surface area contributed by atoms with Crippen LogP contribution in [-0.4, -0.2) is 40.3 Å². The summed E-state index contributed by atoms with van der Waals surface area (Å²) in [6.45, 7) is 3.96. The van der Waals surface area contributed by atoms with E-state index < -0.39 is 0 Å². The number of benzene rings is 1. The van der Waals surface area contributed by atoms with Crippen LogP contribution < -0.4 is 4.74 Å². The van der Waals surface area contributed by atoms with Gasteiger partial charge in [0, 0.05) is 12.5 Å². The van der Waals surface area contributed by atoms with Crippen LogP contribution in [0, 0.1) is 5.41 Å². The second-order valence-electron chi connectivity index (χ2n) is 6.87. The third-order valence-electron chi connectivity index (χ3n) is 5.69.